The quantitative estimate of drug-likeness (QED) is 0.657. The minimum Gasteiger partial charge on any atom is -0.493 e. The molecule has 0 fully saturated rings. The summed E-state index contributed by atoms with van der Waals surface area (Å²) in [6, 6.07) is 5.02. The van der Waals surface area contributed by atoms with Crippen LogP contribution in [0, 0.1) is 0 Å². The second-order valence-corrected chi connectivity index (χ2v) is 9.23. The lowest BCUT2D eigenvalue weighted by Crippen LogP contribution is -2.44. The fraction of sp³-hybridized carbons (Fsp3) is 0.500. The third-order valence-corrected chi connectivity index (χ3v) is 5.46. The number of carboxylic acid groups (broad SMARTS) is 1. The molecule has 3 rings (SSSR count). The van der Waals surface area contributed by atoms with E-state index in [1.807, 2.05) is 20.8 Å². The van der Waals surface area contributed by atoms with Crippen molar-refractivity contribution in [1.82, 2.24) is 14.8 Å². The van der Waals surface area contributed by atoms with Gasteiger partial charge in [0.15, 0.2) is 11.5 Å². The van der Waals surface area contributed by atoms with Crippen molar-refractivity contribution in [2.45, 2.75) is 52.1 Å². The van der Waals surface area contributed by atoms with Crippen LogP contribution >= 0.6 is 0 Å². The van der Waals surface area contributed by atoms with Gasteiger partial charge in [-0.1, -0.05) is 0 Å². The van der Waals surface area contributed by atoms with Crippen molar-refractivity contribution in [2.24, 2.45) is 0 Å². The number of amides is 2. The first kappa shape index (κ1) is 25.1. The molecule has 184 valence electrons. The van der Waals surface area contributed by atoms with E-state index in [0.717, 1.165) is 0 Å². The van der Waals surface area contributed by atoms with Crippen molar-refractivity contribution in [3.8, 4) is 11.5 Å². The van der Waals surface area contributed by atoms with Gasteiger partial charge < -0.3 is 29.4 Å². The second kappa shape index (κ2) is 10.1. The number of carbonyl (C=O) groups is 3. The average molecular weight is 474 g/mol. The Balaban J connectivity index is 2.04. The average Bonchev–Trinajstić information content (AvgIpc) is 2.84. The summed E-state index contributed by atoms with van der Waals surface area (Å²) < 4.78 is 12.9. The maximum absolute atomic E-state index is 13.5. The van der Waals surface area contributed by atoms with E-state index < -0.39 is 23.0 Å². The summed E-state index contributed by atoms with van der Waals surface area (Å²) in [5.41, 5.74) is -0.527. The van der Waals surface area contributed by atoms with Gasteiger partial charge in [0.1, 0.15) is 12.2 Å². The van der Waals surface area contributed by atoms with E-state index >= 15 is 0 Å². The van der Waals surface area contributed by atoms with Gasteiger partial charge in [0.05, 0.1) is 19.2 Å². The summed E-state index contributed by atoms with van der Waals surface area (Å²) in [5.74, 6) is -0.840. The lowest BCUT2D eigenvalue weighted by molar-refractivity contribution is -0.137. The Hall–Kier alpha value is -3.56. The van der Waals surface area contributed by atoms with Crippen LogP contribution in [-0.2, 0) is 16.1 Å². The van der Waals surface area contributed by atoms with Crippen molar-refractivity contribution < 1.29 is 29.0 Å². The van der Waals surface area contributed by atoms with E-state index in [1.165, 1.54) is 11.7 Å². The molecule has 1 aliphatic rings. The Morgan fingerprint density at radius 2 is 1.88 bits per heavy atom. The van der Waals surface area contributed by atoms with Crippen molar-refractivity contribution in [1.29, 1.82) is 0 Å². The number of carboxylic acids is 1. The summed E-state index contributed by atoms with van der Waals surface area (Å²) in [5, 5.41) is 12.3. The molecule has 0 bridgehead atoms. The normalized spacial score (nSPS) is 13.9. The summed E-state index contributed by atoms with van der Waals surface area (Å²) in [6.45, 7) is 6.28. The highest BCUT2D eigenvalue weighted by molar-refractivity contribution is 5.99. The highest BCUT2D eigenvalue weighted by Crippen LogP contribution is 2.35. The predicted octanol–water partition coefficient (Wildman–Crippen LogP) is 2.01. The van der Waals surface area contributed by atoms with Crippen molar-refractivity contribution in [3.05, 3.63) is 34.1 Å². The van der Waals surface area contributed by atoms with Crippen LogP contribution in [-0.4, -0.2) is 64.7 Å². The highest BCUT2D eigenvalue weighted by Gasteiger charge is 2.25. The van der Waals surface area contributed by atoms with E-state index in [-0.39, 0.29) is 57.0 Å². The molecule has 0 spiro atoms. The lowest BCUT2D eigenvalue weighted by Gasteiger charge is -2.23. The van der Waals surface area contributed by atoms with E-state index in [0.29, 0.717) is 22.4 Å². The summed E-state index contributed by atoms with van der Waals surface area (Å²) in [7, 11) is 1.50. The van der Waals surface area contributed by atoms with Crippen LogP contribution < -0.4 is 20.3 Å². The Kier molecular flexibility index (Phi) is 7.48. The van der Waals surface area contributed by atoms with Crippen LogP contribution in [0.4, 0.5) is 0 Å². The first-order valence-corrected chi connectivity index (χ1v) is 11.2. The van der Waals surface area contributed by atoms with Crippen molar-refractivity contribution in [3.63, 3.8) is 0 Å². The third-order valence-electron chi connectivity index (χ3n) is 5.46. The van der Waals surface area contributed by atoms with Crippen LogP contribution in [0.3, 0.4) is 0 Å². The van der Waals surface area contributed by atoms with Gasteiger partial charge in [-0.05, 0) is 45.4 Å². The molecule has 10 heteroatoms. The molecule has 0 atom stereocenters. The third kappa shape index (κ3) is 5.67. The number of rotatable bonds is 6. The number of hydrogen-bond donors (Lipinski definition) is 2. The molecule has 0 saturated carbocycles. The van der Waals surface area contributed by atoms with Crippen molar-refractivity contribution >= 4 is 28.7 Å². The lowest BCUT2D eigenvalue weighted by atomic mass is 10.1. The van der Waals surface area contributed by atoms with E-state index in [2.05, 4.69) is 5.32 Å². The number of aliphatic carboxylic acids is 1. The largest absolute Gasteiger partial charge is 0.493 e. The second-order valence-electron chi connectivity index (χ2n) is 9.23. The topological polar surface area (TPSA) is 127 Å². The number of aromatic nitrogens is 1. The first-order valence-electron chi connectivity index (χ1n) is 11.2. The van der Waals surface area contributed by atoms with Crippen LogP contribution in [0.25, 0.3) is 10.9 Å². The number of nitrogens with zero attached hydrogens (tertiary/aromatic N) is 2. The van der Waals surface area contributed by atoms with Crippen LogP contribution in [0.5, 0.6) is 11.5 Å². The molecule has 34 heavy (non-hydrogen) atoms. The monoisotopic (exact) mass is 473 g/mol. The minimum atomic E-state index is -0.956. The Morgan fingerprint density at radius 1 is 1.15 bits per heavy atom. The van der Waals surface area contributed by atoms with Crippen LogP contribution in [0.15, 0.2) is 23.0 Å². The summed E-state index contributed by atoms with van der Waals surface area (Å²) in [4.78, 5) is 51.4. The van der Waals surface area contributed by atoms with Crippen LogP contribution in [0.2, 0.25) is 0 Å². The molecule has 2 aromatic rings. The molecule has 1 aromatic carbocycles. The Bertz CT molecular complexity index is 1160. The molecule has 2 heterocycles. The summed E-state index contributed by atoms with van der Waals surface area (Å²) in [6.07, 6.45) is 0.219. The SMILES string of the molecule is COc1ccc2cc(C(=O)NC(C)(C)C)c(=O)n3c2c1OCCN(C(=O)CCCC(=O)O)CC3. The van der Waals surface area contributed by atoms with E-state index in [9.17, 15) is 19.2 Å². The predicted molar refractivity (Wildman–Crippen MR) is 126 cm³/mol. The number of benzene rings is 1. The molecule has 0 unspecified atom stereocenters. The summed E-state index contributed by atoms with van der Waals surface area (Å²) >= 11 is 0. The Labute approximate surface area is 197 Å². The molecular weight excluding hydrogens is 442 g/mol. The van der Waals surface area contributed by atoms with E-state index in [4.69, 9.17) is 14.6 Å². The molecule has 1 aromatic heterocycles. The molecule has 2 N–H and O–H groups in total. The zero-order valence-electron chi connectivity index (χ0n) is 20.0. The fourth-order valence-electron chi connectivity index (χ4n) is 3.90. The number of hydrogen-bond acceptors (Lipinski definition) is 6. The van der Waals surface area contributed by atoms with Gasteiger partial charge in [-0.25, -0.2) is 0 Å². The van der Waals surface area contributed by atoms with Gasteiger partial charge in [0.2, 0.25) is 5.91 Å². The zero-order valence-corrected chi connectivity index (χ0v) is 20.0. The van der Waals surface area contributed by atoms with Gasteiger partial charge in [-0.3, -0.25) is 19.2 Å². The molecule has 10 nitrogen and oxygen atoms in total. The van der Waals surface area contributed by atoms with Gasteiger partial charge in [-0.15, -0.1) is 0 Å². The van der Waals surface area contributed by atoms with Crippen LogP contribution in [0.1, 0.15) is 50.4 Å². The fourth-order valence-corrected chi connectivity index (χ4v) is 3.90. The maximum atomic E-state index is 13.5. The molecule has 2 amide bonds. The first-order chi connectivity index (χ1) is 16.0. The molecule has 0 saturated heterocycles. The van der Waals surface area contributed by atoms with Crippen molar-refractivity contribution in [2.75, 3.05) is 26.8 Å². The number of methoxy groups -OCH3 is 1. The number of nitrogens with one attached hydrogen (secondary N) is 1. The smallest absolute Gasteiger partial charge is 0.303 e. The number of ether oxygens (including phenoxy) is 2. The molecule has 0 radical (unpaired) electrons. The maximum Gasteiger partial charge on any atom is 0.303 e. The zero-order chi connectivity index (χ0) is 25.0. The van der Waals surface area contributed by atoms with Gasteiger partial charge in [0.25, 0.3) is 11.5 Å². The van der Waals surface area contributed by atoms with Gasteiger partial charge in [-0.2, -0.15) is 0 Å². The van der Waals surface area contributed by atoms with E-state index in [1.54, 1.807) is 23.1 Å². The number of carbonyl (C=O) groups excluding carboxylic acids is 2. The van der Waals surface area contributed by atoms with Gasteiger partial charge >= 0.3 is 5.97 Å². The number of pyridine rings is 1. The molecular formula is C24H31N3O7. The van der Waals surface area contributed by atoms with Gasteiger partial charge in [0, 0.05) is 36.9 Å². The Morgan fingerprint density at radius 3 is 2.53 bits per heavy atom. The molecule has 1 aliphatic heterocycles. The molecule has 0 aliphatic carbocycles. The minimum absolute atomic E-state index is 0.00266. The standard InChI is InChI=1S/C24H31N3O7/c1-24(2,3)25-22(31)16-14-15-8-9-17(33-4)21-20(15)27(23(16)32)11-10-26(12-13-34-21)18(28)6-5-7-19(29)30/h8-9,14H,5-7,10-13H2,1-4H3,(H,25,31)(H,29,30). The highest BCUT2D eigenvalue weighted by atomic mass is 16.5.